The summed E-state index contributed by atoms with van der Waals surface area (Å²) in [6.07, 6.45) is 3.60. The number of likely N-dealkylation sites (N-methyl/N-ethyl adjacent to an activating group) is 1. The number of carbonyl (C=O) groups is 1. The molecule has 0 saturated heterocycles. The number of thiophene rings is 1. The second-order valence-electron chi connectivity index (χ2n) is 5.21. The molecule has 1 N–H and O–H groups in total. The third-order valence-electron chi connectivity index (χ3n) is 3.54. The van der Waals surface area contributed by atoms with Crippen LogP contribution in [0.25, 0.3) is 0 Å². The van der Waals surface area contributed by atoms with E-state index in [2.05, 4.69) is 29.8 Å². The van der Waals surface area contributed by atoms with E-state index in [1.807, 2.05) is 11.9 Å². The molecule has 0 aliphatic heterocycles. The third-order valence-corrected chi connectivity index (χ3v) is 4.44. The number of nitrogens with one attached hydrogen (secondary N) is 1. The highest BCUT2D eigenvalue weighted by Crippen LogP contribution is 2.27. The van der Waals surface area contributed by atoms with Crippen LogP contribution in [0.4, 0.5) is 0 Å². The highest BCUT2D eigenvalue weighted by Gasteiger charge is 2.21. The zero-order valence-corrected chi connectivity index (χ0v) is 12.0. The minimum Gasteiger partial charge on any atom is -0.342 e. The van der Waals surface area contributed by atoms with Crippen molar-refractivity contribution in [1.29, 1.82) is 0 Å². The van der Waals surface area contributed by atoms with Crippen molar-refractivity contribution in [2.45, 2.75) is 32.2 Å². The van der Waals surface area contributed by atoms with Crippen molar-refractivity contribution in [3.05, 3.63) is 22.4 Å². The first-order valence-electron chi connectivity index (χ1n) is 6.65. The summed E-state index contributed by atoms with van der Waals surface area (Å²) >= 11 is 1.76. The molecule has 3 nitrogen and oxygen atoms in total. The van der Waals surface area contributed by atoms with E-state index in [0.29, 0.717) is 6.54 Å². The Morgan fingerprint density at radius 2 is 2.39 bits per heavy atom. The van der Waals surface area contributed by atoms with E-state index < -0.39 is 0 Å². The second-order valence-corrected chi connectivity index (χ2v) is 6.24. The quantitative estimate of drug-likeness (QED) is 0.820. The average Bonchev–Trinajstić information content (AvgIpc) is 3.04. The minimum atomic E-state index is 0.194. The fourth-order valence-corrected chi connectivity index (χ4v) is 2.76. The van der Waals surface area contributed by atoms with Crippen LogP contribution >= 0.6 is 11.3 Å². The third kappa shape index (κ3) is 4.10. The first kappa shape index (κ1) is 13.6. The van der Waals surface area contributed by atoms with Gasteiger partial charge in [-0.05, 0) is 43.7 Å². The molecule has 100 valence electrons. The van der Waals surface area contributed by atoms with Gasteiger partial charge >= 0.3 is 0 Å². The molecule has 1 heterocycles. The van der Waals surface area contributed by atoms with E-state index in [4.69, 9.17) is 0 Å². The summed E-state index contributed by atoms with van der Waals surface area (Å²) < 4.78 is 0. The normalized spacial score (nSPS) is 16.6. The molecule has 0 spiro atoms. The van der Waals surface area contributed by atoms with E-state index in [0.717, 1.165) is 18.9 Å². The van der Waals surface area contributed by atoms with Gasteiger partial charge in [0.2, 0.25) is 5.91 Å². The van der Waals surface area contributed by atoms with Crippen LogP contribution < -0.4 is 5.32 Å². The van der Waals surface area contributed by atoms with E-state index in [9.17, 15) is 4.79 Å². The van der Waals surface area contributed by atoms with E-state index in [-0.39, 0.29) is 11.9 Å². The first-order valence-corrected chi connectivity index (χ1v) is 7.53. The van der Waals surface area contributed by atoms with Gasteiger partial charge in [0.05, 0.1) is 6.54 Å². The Labute approximate surface area is 113 Å². The topological polar surface area (TPSA) is 32.3 Å². The molecular weight excluding hydrogens is 244 g/mol. The molecule has 1 amide bonds. The van der Waals surface area contributed by atoms with Gasteiger partial charge in [-0.15, -0.1) is 11.3 Å². The lowest BCUT2D eigenvalue weighted by atomic mass is 10.2. The largest absolute Gasteiger partial charge is 0.342 e. The Hall–Kier alpha value is -0.870. The molecule has 1 aliphatic carbocycles. The standard InChI is InChI=1S/C14H22N2OS/c1-11(8-13-4-3-7-18-13)16(2)14(17)10-15-9-12-5-6-12/h3-4,7,11-12,15H,5-6,8-10H2,1-2H3. The van der Waals surface area contributed by atoms with E-state index in [1.54, 1.807) is 11.3 Å². The Morgan fingerprint density at radius 3 is 3.00 bits per heavy atom. The molecule has 18 heavy (non-hydrogen) atoms. The van der Waals surface area contributed by atoms with Crippen LogP contribution in [0, 0.1) is 5.92 Å². The Bertz CT molecular complexity index is 373. The lowest BCUT2D eigenvalue weighted by Crippen LogP contribution is -2.41. The Kier molecular flexibility index (Phi) is 4.78. The van der Waals surface area contributed by atoms with Gasteiger partial charge in [-0.25, -0.2) is 0 Å². The van der Waals surface area contributed by atoms with Crippen LogP contribution in [-0.2, 0) is 11.2 Å². The summed E-state index contributed by atoms with van der Waals surface area (Å²) in [4.78, 5) is 15.2. The molecule has 1 aromatic heterocycles. The van der Waals surface area contributed by atoms with Crippen molar-refractivity contribution in [1.82, 2.24) is 10.2 Å². The van der Waals surface area contributed by atoms with Crippen LogP contribution in [0.5, 0.6) is 0 Å². The molecule has 0 bridgehead atoms. The van der Waals surface area contributed by atoms with Crippen LogP contribution in [0.15, 0.2) is 17.5 Å². The van der Waals surface area contributed by atoms with Crippen LogP contribution in [0.3, 0.4) is 0 Å². The molecule has 1 atom stereocenters. The zero-order valence-electron chi connectivity index (χ0n) is 11.2. The number of hydrogen-bond acceptors (Lipinski definition) is 3. The fraction of sp³-hybridized carbons (Fsp3) is 0.643. The summed E-state index contributed by atoms with van der Waals surface area (Å²) in [5.74, 6) is 1.02. The summed E-state index contributed by atoms with van der Waals surface area (Å²) in [5, 5.41) is 5.34. The number of hydrogen-bond donors (Lipinski definition) is 1. The van der Waals surface area contributed by atoms with Gasteiger partial charge in [0.1, 0.15) is 0 Å². The second kappa shape index (κ2) is 6.34. The first-order chi connectivity index (χ1) is 8.66. The maximum absolute atomic E-state index is 12.0. The molecule has 1 unspecified atom stereocenters. The van der Waals surface area contributed by atoms with Crippen molar-refractivity contribution in [3.63, 3.8) is 0 Å². The molecule has 0 aromatic carbocycles. The van der Waals surface area contributed by atoms with Crippen LogP contribution in [0.1, 0.15) is 24.6 Å². The molecule has 1 saturated carbocycles. The molecule has 4 heteroatoms. The molecule has 0 radical (unpaired) electrons. The maximum Gasteiger partial charge on any atom is 0.236 e. The molecule has 1 aliphatic rings. The predicted molar refractivity (Wildman–Crippen MR) is 75.8 cm³/mol. The van der Waals surface area contributed by atoms with Crippen LogP contribution in [-0.4, -0.2) is 37.0 Å². The molecular formula is C14H22N2OS. The lowest BCUT2D eigenvalue weighted by Gasteiger charge is -2.24. The van der Waals surface area contributed by atoms with Gasteiger partial charge < -0.3 is 10.2 Å². The minimum absolute atomic E-state index is 0.194. The lowest BCUT2D eigenvalue weighted by molar-refractivity contribution is -0.130. The van der Waals surface area contributed by atoms with E-state index >= 15 is 0 Å². The Balaban J connectivity index is 1.70. The van der Waals surface area contributed by atoms with Crippen molar-refractivity contribution >= 4 is 17.2 Å². The number of rotatable bonds is 7. The van der Waals surface area contributed by atoms with Crippen molar-refractivity contribution < 1.29 is 4.79 Å². The summed E-state index contributed by atoms with van der Waals surface area (Å²) in [6, 6.07) is 4.45. The predicted octanol–water partition coefficient (Wildman–Crippen LogP) is 2.14. The van der Waals surface area contributed by atoms with Gasteiger partial charge in [-0.1, -0.05) is 6.07 Å². The van der Waals surface area contributed by atoms with Crippen molar-refractivity contribution in [2.24, 2.45) is 5.92 Å². The Morgan fingerprint density at radius 1 is 1.61 bits per heavy atom. The monoisotopic (exact) mass is 266 g/mol. The molecule has 1 fully saturated rings. The fourth-order valence-electron chi connectivity index (χ4n) is 1.93. The maximum atomic E-state index is 12.0. The summed E-state index contributed by atoms with van der Waals surface area (Å²) in [5.41, 5.74) is 0. The summed E-state index contributed by atoms with van der Waals surface area (Å²) in [6.45, 7) is 3.58. The number of amides is 1. The zero-order chi connectivity index (χ0) is 13.0. The molecule has 2 rings (SSSR count). The van der Waals surface area contributed by atoms with Crippen LogP contribution in [0.2, 0.25) is 0 Å². The van der Waals surface area contributed by atoms with Gasteiger partial charge in [-0.2, -0.15) is 0 Å². The van der Waals surface area contributed by atoms with E-state index in [1.165, 1.54) is 17.7 Å². The average molecular weight is 266 g/mol. The highest BCUT2D eigenvalue weighted by atomic mass is 32.1. The number of nitrogens with zero attached hydrogens (tertiary/aromatic N) is 1. The summed E-state index contributed by atoms with van der Waals surface area (Å²) in [7, 11) is 1.90. The SMILES string of the molecule is CC(Cc1cccs1)N(C)C(=O)CNCC1CC1. The van der Waals surface area contributed by atoms with Gasteiger partial charge in [-0.3, -0.25) is 4.79 Å². The smallest absolute Gasteiger partial charge is 0.236 e. The van der Waals surface area contributed by atoms with Crippen molar-refractivity contribution in [3.8, 4) is 0 Å². The molecule has 1 aromatic rings. The van der Waals surface area contributed by atoms with Gasteiger partial charge in [0.25, 0.3) is 0 Å². The van der Waals surface area contributed by atoms with Gasteiger partial charge in [0.15, 0.2) is 0 Å². The highest BCUT2D eigenvalue weighted by molar-refractivity contribution is 7.09. The number of carbonyl (C=O) groups excluding carboxylic acids is 1. The van der Waals surface area contributed by atoms with Gasteiger partial charge in [0, 0.05) is 24.4 Å². The van der Waals surface area contributed by atoms with Crippen molar-refractivity contribution in [2.75, 3.05) is 20.1 Å².